The lowest BCUT2D eigenvalue weighted by Gasteiger charge is -1.98. The zero-order valence-electron chi connectivity index (χ0n) is 7.33. The molecule has 12 heavy (non-hydrogen) atoms. The molecule has 0 atom stereocenters. The Morgan fingerprint density at radius 1 is 1.33 bits per heavy atom. The Labute approximate surface area is 77.2 Å². The number of benzene rings is 1. The molecule has 0 spiro atoms. The van der Waals surface area contributed by atoms with E-state index in [2.05, 4.69) is 6.92 Å². The van der Waals surface area contributed by atoms with E-state index in [4.69, 9.17) is 0 Å². The molecule has 1 aromatic rings. The van der Waals surface area contributed by atoms with Gasteiger partial charge >= 0.3 is 0 Å². The van der Waals surface area contributed by atoms with E-state index < -0.39 is 0 Å². The van der Waals surface area contributed by atoms with Crippen LogP contribution < -0.4 is 0 Å². The summed E-state index contributed by atoms with van der Waals surface area (Å²) in [4.78, 5) is 12.1. The molecule has 0 fully saturated rings. The normalized spacial score (nSPS) is 9.83. The molecule has 0 aromatic heterocycles. The topological polar surface area (TPSA) is 17.1 Å². The van der Waals surface area contributed by atoms with Crippen LogP contribution in [0, 0.1) is 0 Å². The maximum atomic E-state index is 10.9. The Bertz CT molecular complexity index is 264. The largest absolute Gasteiger partial charge is 0.295 e. The van der Waals surface area contributed by atoms with Gasteiger partial charge in [0.15, 0.2) is 5.78 Å². The molecule has 0 saturated carbocycles. The van der Waals surface area contributed by atoms with Gasteiger partial charge in [0, 0.05) is 10.5 Å². The summed E-state index contributed by atoms with van der Waals surface area (Å²) in [6, 6.07) is 7.73. The summed E-state index contributed by atoms with van der Waals surface area (Å²) in [6.45, 7) is 3.70. The maximum Gasteiger partial charge on any atom is 0.159 e. The number of carbonyl (C=O) groups excluding carboxylic acids is 1. The Kier molecular flexibility index (Phi) is 3.35. The van der Waals surface area contributed by atoms with E-state index in [1.165, 1.54) is 4.90 Å². The molecule has 1 nitrogen and oxygen atoms in total. The first-order valence-corrected chi connectivity index (χ1v) is 4.96. The minimum absolute atomic E-state index is 0.128. The van der Waals surface area contributed by atoms with E-state index in [1.54, 1.807) is 18.7 Å². The zero-order chi connectivity index (χ0) is 8.97. The van der Waals surface area contributed by atoms with Gasteiger partial charge in [-0.25, -0.2) is 0 Å². The second-order valence-electron chi connectivity index (χ2n) is 2.51. The van der Waals surface area contributed by atoms with Crippen LogP contribution in [0.3, 0.4) is 0 Å². The maximum absolute atomic E-state index is 10.9. The summed E-state index contributed by atoms with van der Waals surface area (Å²) in [6.07, 6.45) is 0. The molecule has 0 aliphatic rings. The lowest BCUT2D eigenvalue weighted by Crippen LogP contribution is -1.90. The van der Waals surface area contributed by atoms with Crippen LogP contribution in [0.2, 0.25) is 0 Å². The summed E-state index contributed by atoms with van der Waals surface area (Å²) >= 11 is 1.78. The first-order chi connectivity index (χ1) is 5.74. The third-order valence-corrected chi connectivity index (χ3v) is 2.47. The number of ketones is 1. The molecule has 64 valence electrons. The summed E-state index contributed by atoms with van der Waals surface area (Å²) in [5.41, 5.74) is 0.787. The highest BCUT2D eigenvalue weighted by Crippen LogP contribution is 2.17. The lowest BCUT2D eigenvalue weighted by molar-refractivity contribution is 0.101. The molecule has 1 aromatic carbocycles. The van der Waals surface area contributed by atoms with E-state index in [1.807, 2.05) is 24.3 Å². The van der Waals surface area contributed by atoms with E-state index in [-0.39, 0.29) is 5.78 Å². The quantitative estimate of drug-likeness (QED) is 0.525. The molecule has 0 radical (unpaired) electrons. The van der Waals surface area contributed by atoms with Gasteiger partial charge in [-0.3, -0.25) is 4.79 Å². The van der Waals surface area contributed by atoms with Crippen molar-refractivity contribution in [3.8, 4) is 0 Å². The number of hydrogen-bond acceptors (Lipinski definition) is 2. The molecule has 1 rings (SSSR count). The summed E-state index contributed by atoms with van der Waals surface area (Å²) < 4.78 is 0. The summed E-state index contributed by atoms with van der Waals surface area (Å²) in [5, 5.41) is 0. The monoisotopic (exact) mass is 180 g/mol. The number of thioether (sulfide) groups is 1. The van der Waals surface area contributed by atoms with E-state index in [0.717, 1.165) is 11.3 Å². The molecule has 0 aliphatic heterocycles. The predicted octanol–water partition coefficient (Wildman–Crippen LogP) is 3.00. The molecular weight excluding hydrogens is 168 g/mol. The van der Waals surface area contributed by atoms with E-state index >= 15 is 0 Å². The Morgan fingerprint density at radius 2 is 1.92 bits per heavy atom. The highest BCUT2D eigenvalue weighted by atomic mass is 32.2. The first-order valence-electron chi connectivity index (χ1n) is 3.98. The highest BCUT2D eigenvalue weighted by molar-refractivity contribution is 7.99. The first kappa shape index (κ1) is 9.33. The van der Waals surface area contributed by atoms with E-state index in [9.17, 15) is 4.79 Å². The molecule has 0 unspecified atom stereocenters. The average Bonchev–Trinajstić information content (AvgIpc) is 2.06. The van der Waals surface area contributed by atoms with Crippen LogP contribution in [0.25, 0.3) is 0 Å². The molecule has 0 amide bonds. The molecule has 2 heteroatoms. The van der Waals surface area contributed by atoms with Gasteiger partial charge in [0.1, 0.15) is 0 Å². The van der Waals surface area contributed by atoms with Crippen molar-refractivity contribution in [2.45, 2.75) is 18.7 Å². The van der Waals surface area contributed by atoms with Crippen molar-refractivity contribution in [2.24, 2.45) is 0 Å². The van der Waals surface area contributed by atoms with Crippen LogP contribution in [0.5, 0.6) is 0 Å². The average molecular weight is 180 g/mol. The standard InChI is InChI=1S/C10H12OS/c1-3-12-10-6-4-9(5-7-10)8(2)11/h4-7H,3H2,1-2H3. The van der Waals surface area contributed by atoms with Crippen LogP contribution in [-0.4, -0.2) is 11.5 Å². The second-order valence-corrected chi connectivity index (χ2v) is 3.85. The number of carbonyl (C=O) groups is 1. The fraction of sp³-hybridized carbons (Fsp3) is 0.300. The van der Waals surface area contributed by atoms with Crippen molar-refractivity contribution in [1.82, 2.24) is 0 Å². The van der Waals surface area contributed by atoms with Gasteiger partial charge in [0.2, 0.25) is 0 Å². The van der Waals surface area contributed by atoms with Gasteiger partial charge in [-0.15, -0.1) is 11.8 Å². The van der Waals surface area contributed by atoms with Gasteiger partial charge in [-0.1, -0.05) is 19.1 Å². The van der Waals surface area contributed by atoms with Crippen LogP contribution in [0.4, 0.5) is 0 Å². The van der Waals surface area contributed by atoms with Crippen LogP contribution in [0.15, 0.2) is 29.2 Å². The molecule has 0 saturated heterocycles. The summed E-state index contributed by atoms with van der Waals surface area (Å²) in [7, 11) is 0. The van der Waals surface area contributed by atoms with Crippen LogP contribution in [0.1, 0.15) is 24.2 Å². The van der Waals surface area contributed by atoms with Gasteiger partial charge < -0.3 is 0 Å². The van der Waals surface area contributed by atoms with Gasteiger partial charge in [0.25, 0.3) is 0 Å². The van der Waals surface area contributed by atoms with Crippen molar-refractivity contribution < 1.29 is 4.79 Å². The molecule has 0 heterocycles. The molecular formula is C10H12OS. The fourth-order valence-corrected chi connectivity index (χ4v) is 1.61. The minimum Gasteiger partial charge on any atom is -0.295 e. The fourth-order valence-electron chi connectivity index (χ4n) is 0.953. The summed E-state index contributed by atoms with van der Waals surface area (Å²) in [5.74, 6) is 1.20. The second kappa shape index (κ2) is 4.31. The Balaban J connectivity index is 2.78. The van der Waals surface area contributed by atoms with Crippen LogP contribution in [-0.2, 0) is 0 Å². The third kappa shape index (κ3) is 2.38. The van der Waals surface area contributed by atoms with Crippen LogP contribution >= 0.6 is 11.8 Å². The Morgan fingerprint density at radius 3 is 2.33 bits per heavy atom. The van der Waals surface area contributed by atoms with E-state index in [0.29, 0.717) is 0 Å². The van der Waals surface area contributed by atoms with Crippen molar-refractivity contribution in [1.29, 1.82) is 0 Å². The SMILES string of the molecule is CCSc1ccc(C(C)=O)cc1. The molecule has 0 bridgehead atoms. The van der Waals surface area contributed by atoms with Crippen molar-refractivity contribution in [2.75, 3.05) is 5.75 Å². The predicted molar refractivity (Wildman–Crippen MR) is 52.8 cm³/mol. The number of rotatable bonds is 3. The zero-order valence-corrected chi connectivity index (χ0v) is 8.15. The number of Topliss-reactive ketones (excluding diaryl/α,β-unsaturated/α-hetero) is 1. The molecule has 0 aliphatic carbocycles. The smallest absolute Gasteiger partial charge is 0.159 e. The molecule has 0 N–H and O–H groups in total. The lowest BCUT2D eigenvalue weighted by atomic mass is 10.2. The highest BCUT2D eigenvalue weighted by Gasteiger charge is 1.97. The van der Waals surface area contributed by atoms with Crippen molar-refractivity contribution in [3.63, 3.8) is 0 Å². The Hall–Kier alpha value is -0.760. The van der Waals surface area contributed by atoms with Crippen molar-refractivity contribution in [3.05, 3.63) is 29.8 Å². The van der Waals surface area contributed by atoms with Gasteiger partial charge in [-0.2, -0.15) is 0 Å². The van der Waals surface area contributed by atoms with Gasteiger partial charge in [0.05, 0.1) is 0 Å². The third-order valence-electron chi connectivity index (χ3n) is 1.57. The minimum atomic E-state index is 0.128. The van der Waals surface area contributed by atoms with Gasteiger partial charge in [-0.05, 0) is 24.8 Å². The van der Waals surface area contributed by atoms with Crippen molar-refractivity contribution >= 4 is 17.5 Å². The number of hydrogen-bond donors (Lipinski definition) is 0.